The predicted octanol–water partition coefficient (Wildman–Crippen LogP) is 4.05. The minimum atomic E-state index is 0.300. The zero-order chi connectivity index (χ0) is 18.1. The molecule has 0 spiro atoms. The number of hydrogen-bond acceptors (Lipinski definition) is 2. The van der Waals surface area contributed by atoms with Crippen molar-refractivity contribution in [1.29, 1.82) is 0 Å². The van der Waals surface area contributed by atoms with E-state index >= 15 is 0 Å². The molecule has 0 aliphatic carbocycles. The zero-order valence-electron chi connectivity index (χ0n) is 15.9. The van der Waals surface area contributed by atoms with E-state index < -0.39 is 0 Å². The van der Waals surface area contributed by atoms with Crippen molar-refractivity contribution in [3.05, 3.63) is 42.1 Å². The monoisotopic (exact) mass is 351 g/mol. The smallest absolute Gasteiger partial charge is 0.237 e. The molecule has 138 valence electrons. The van der Waals surface area contributed by atoms with E-state index in [9.17, 15) is 4.79 Å². The van der Waals surface area contributed by atoms with Gasteiger partial charge in [0, 0.05) is 47.8 Å². The van der Waals surface area contributed by atoms with Crippen molar-refractivity contribution in [2.75, 3.05) is 19.6 Å². The molecule has 4 rings (SSSR count). The summed E-state index contributed by atoms with van der Waals surface area (Å²) in [5.74, 6) is 0.300. The normalized spacial score (nSPS) is 24.7. The van der Waals surface area contributed by atoms with E-state index in [0.717, 1.165) is 32.4 Å². The molecule has 4 nitrogen and oxygen atoms in total. The lowest BCUT2D eigenvalue weighted by molar-refractivity contribution is -0.138. The Hall–Kier alpha value is -2.07. The van der Waals surface area contributed by atoms with Crippen LogP contribution in [0, 0.1) is 0 Å². The molecule has 1 aromatic carbocycles. The van der Waals surface area contributed by atoms with Crippen molar-refractivity contribution in [3.63, 3.8) is 0 Å². The fourth-order valence-corrected chi connectivity index (χ4v) is 4.62. The molecule has 2 aliphatic heterocycles. The summed E-state index contributed by atoms with van der Waals surface area (Å²) in [5, 5.41) is 1.29. The second-order valence-electron chi connectivity index (χ2n) is 7.89. The minimum Gasteiger partial charge on any atom is -0.361 e. The van der Waals surface area contributed by atoms with Crippen LogP contribution in [0.3, 0.4) is 0 Å². The first-order chi connectivity index (χ1) is 12.6. The standard InChI is InChI=1S/C22H29N3O/c1-16-6-5-7-17(2)25(16)22(26)15-24-12-10-18(11-13-24)20-14-23-21-9-4-3-8-19(20)21/h3-4,8-10,14,16-17,23H,5-7,11-13,15H2,1-2H3/t16-,17+. The lowest BCUT2D eigenvalue weighted by Gasteiger charge is -2.40. The van der Waals surface area contributed by atoms with Crippen LogP contribution in [0.2, 0.25) is 0 Å². The van der Waals surface area contributed by atoms with E-state index in [1.54, 1.807) is 0 Å². The number of amides is 1. The van der Waals surface area contributed by atoms with E-state index in [1.165, 1.54) is 28.5 Å². The Morgan fingerprint density at radius 2 is 1.96 bits per heavy atom. The van der Waals surface area contributed by atoms with Gasteiger partial charge in [0.15, 0.2) is 0 Å². The predicted molar refractivity (Wildman–Crippen MR) is 107 cm³/mol. The summed E-state index contributed by atoms with van der Waals surface area (Å²) in [4.78, 5) is 20.6. The van der Waals surface area contributed by atoms with Crippen molar-refractivity contribution in [1.82, 2.24) is 14.8 Å². The molecular formula is C22H29N3O. The van der Waals surface area contributed by atoms with E-state index in [4.69, 9.17) is 0 Å². The third kappa shape index (κ3) is 3.30. The van der Waals surface area contributed by atoms with Gasteiger partial charge in [-0.15, -0.1) is 0 Å². The molecule has 0 bridgehead atoms. The fraction of sp³-hybridized carbons (Fsp3) is 0.500. The number of hydrogen-bond donors (Lipinski definition) is 1. The van der Waals surface area contributed by atoms with Gasteiger partial charge >= 0.3 is 0 Å². The van der Waals surface area contributed by atoms with E-state index in [1.807, 2.05) is 0 Å². The molecule has 3 heterocycles. The van der Waals surface area contributed by atoms with Gasteiger partial charge in [0.25, 0.3) is 0 Å². The molecule has 0 saturated carbocycles. The summed E-state index contributed by atoms with van der Waals surface area (Å²) in [6.45, 7) is 6.74. The second-order valence-corrected chi connectivity index (χ2v) is 7.89. The highest BCUT2D eigenvalue weighted by Gasteiger charge is 2.30. The number of aromatic nitrogens is 1. The zero-order valence-corrected chi connectivity index (χ0v) is 15.9. The summed E-state index contributed by atoms with van der Waals surface area (Å²) in [5.41, 5.74) is 3.89. The van der Waals surface area contributed by atoms with Gasteiger partial charge in [-0.05, 0) is 51.2 Å². The summed E-state index contributed by atoms with van der Waals surface area (Å²) in [6.07, 6.45) is 8.94. The number of aromatic amines is 1. The van der Waals surface area contributed by atoms with Crippen LogP contribution < -0.4 is 0 Å². The van der Waals surface area contributed by atoms with Crippen LogP contribution in [-0.2, 0) is 4.79 Å². The maximum atomic E-state index is 12.8. The Labute approximate surface area is 155 Å². The maximum Gasteiger partial charge on any atom is 0.237 e. The largest absolute Gasteiger partial charge is 0.361 e. The van der Waals surface area contributed by atoms with Gasteiger partial charge in [-0.3, -0.25) is 9.69 Å². The topological polar surface area (TPSA) is 39.3 Å². The lowest BCUT2D eigenvalue weighted by Crippen LogP contribution is -2.51. The van der Waals surface area contributed by atoms with Crippen LogP contribution in [0.15, 0.2) is 36.5 Å². The number of piperidine rings is 1. The number of carbonyl (C=O) groups excluding carboxylic acids is 1. The van der Waals surface area contributed by atoms with Crippen LogP contribution in [0.25, 0.3) is 16.5 Å². The van der Waals surface area contributed by atoms with Crippen LogP contribution in [-0.4, -0.2) is 52.4 Å². The van der Waals surface area contributed by atoms with Crippen LogP contribution in [0.1, 0.15) is 45.1 Å². The molecule has 1 amide bonds. The first-order valence-electron chi connectivity index (χ1n) is 9.92. The first kappa shape index (κ1) is 17.3. The Morgan fingerprint density at radius 1 is 1.19 bits per heavy atom. The van der Waals surface area contributed by atoms with Gasteiger partial charge in [0.1, 0.15) is 0 Å². The van der Waals surface area contributed by atoms with Crippen LogP contribution in [0.5, 0.6) is 0 Å². The molecule has 0 radical (unpaired) electrons. The second kappa shape index (κ2) is 7.28. The Kier molecular flexibility index (Phi) is 4.86. The molecule has 1 N–H and O–H groups in total. The molecule has 2 aliphatic rings. The Bertz CT molecular complexity index is 812. The van der Waals surface area contributed by atoms with E-state index in [-0.39, 0.29) is 0 Å². The van der Waals surface area contributed by atoms with Gasteiger partial charge in [0.2, 0.25) is 5.91 Å². The maximum absolute atomic E-state index is 12.8. The van der Waals surface area contributed by atoms with Crippen molar-refractivity contribution < 1.29 is 4.79 Å². The third-order valence-corrected chi connectivity index (χ3v) is 6.07. The SMILES string of the molecule is C[C@@H]1CCC[C@H](C)N1C(=O)CN1CC=C(c2c[nH]c3ccccc23)CC1. The van der Waals surface area contributed by atoms with Gasteiger partial charge in [0.05, 0.1) is 6.54 Å². The Balaban J connectivity index is 1.42. The molecule has 2 atom stereocenters. The summed E-state index contributed by atoms with van der Waals surface area (Å²) in [7, 11) is 0. The van der Waals surface area contributed by atoms with Gasteiger partial charge in [-0.1, -0.05) is 24.3 Å². The number of nitrogens with one attached hydrogen (secondary N) is 1. The number of carbonyl (C=O) groups is 1. The van der Waals surface area contributed by atoms with Gasteiger partial charge < -0.3 is 9.88 Å². The van der Waals surface area contributed by atoms with Crippen LogP contribution in [0.4, 0.5) is 0 Å². The molecule has 0 unspecified atom stereocenters. The Morgan fingerprint density at radius 3 is 2.69 bits per heavy atom. The molecule has 1 fully saturated rings. The average Bonchev–Trinajstić information content (AvgIpc) is 3.06. The number of nitrogens with zero attached hydrogens (tertiary/aromatic N) is 2. The summed E-state index contributed by atoms with van der Waals surface area (Å²) >= 11 is 0. The average molecular weight is 351 g/mol. The highest BCUT2D eigenvalue weighted by molar-refractivity contribution is 5.92. The molecule has 2 aromatic rings. The minimum absolute atomic E-state index is 0.300. The molecular weight excluding hydrogens is 322 g/mol. The first-order valence-corrected chi connectivity index (χ1v) is 9.92. The number of benzene rings is 1. The fourth-order valence-electron chi connectivity index (χ4n) is 4.62. The number of fused-ring (bicyclic) bond motifs is 1. The number of H-pyrrole nitrogens is 1. The van der Waals surface area contributed by atoms with Crippen molar-refractivity contribution in [3.8, 4) is 0 Å². The van der Waals surface area contributed by atoms with Gasteiger partial charge in [-0.25, -0.2) is 0 Å². The summed E-state index contributed by atoms with van der Waals surface area (Å²) in [6, 6.07) is 9.22. The number of para-hydroxylation sites is 1. The van der Waals surface area contributed by atoms with Crippen molar-refractivity contribution >= 4 is 22.4 Å². The molecule has 4 heteroatoms. The lowest BCUT2D eigenvalue weighted by atomic mass is 9.97. The third-order valence-electron chi connectivity index (χ3n) is 6.07. The quantitative estimate of drug-likeness (QED) is 0.906. The van der Waals surface area contributed by atoms with Crippen molar-refractivity contribution in [2.45, 2.75) is 51.6 Å². The highest BCUT2D eigenvalue weighted by atomic mass is 16.2. The highest BCUT2D eigenvalue weighted by Crippen LogP contribution is 2.29. The molecule has 26 heavy (non-hydrogen) atoms. The van der Waals surface area contributed by atoms with Crippen LogP contribution >= 0.6 is 0 Å². The summed E-state index contributed by atoms with van der Waals surface area (Å²) < 4.78 is 0. The van der Waals surface area contributed by atoms with E-state index in [0.29, 0.717) is 24.5 Å². The van der Waals surface area contributed by atoms with Gasteiger partial charge in [-0.2, -0.15) is 0 Å². The molecule has 1 aromatic heterocycles. The van der Waals surface area contributed by atoms with E-state index in [2.05, 4.69) is 65.2 Å². The number of likely N-dealkylation sites (tertiary alicyclic amines) is 1. The van der Waals surface area contributed by atoms with Crippen molar-refractivity contribution in [2.24, 2.45) is 0 Å². The number of rotatable bonds is 3. The molecule has 1 saturated heterocycles.